The highest BCUT2D eigenvalue weighted by Crippen LogP contribution is 2.50. The topological polar surface area (TPSA) is 120 Å². The maximum Gasteiger partial charge on any atom is 0.408 e. The van der Waals surface area contributed by atoms with E-state index in [1.54, 1.807) is 18.2 Å². The number of aldehydes is 1. The van der Waals surface area contributed by atoms with E-state index in [0.29, 0.717) is 43.2 Å². The van der Waals surface area contributed by atoms with Gasteiger partial charge in [-0.1, -0.05) is 33.1 Å². The van der Waals surface area contributed by atoms with Crippen LogP contribution in [0.2, 0.25) is 0 Å². The molecule has 6 atom stereocenters. The fourth-order valence-electron chi connectivity index (χ4n) is 7.90. The molecule has 1 aromatic carbocycles. The van der Waals surface area contributed by atoms with Crippen molar-refractivity contribution in [2.24, 2.45) is 17.3 Å². The Morgan fingerprint density at radius 1 is 1.09 bits per heavy atom. The number of nitrogens with zero attached hydrogens (tertiary/aromatic N) is 3. The van der Waals surface area contributed by atoms with E-state index >= 15 is 8.78 Å². The van der Waals surface area contributed by atoms with E-state index in [4.69, 9.17) is 14.2 Å². The molecule has 0 unspecified atom stereocenters. The Hall–Kier alpha value is -3.57. The molecule has 6 rings (SSSR count). The smallest absolute Gasteiger partial charge is 0.408 e. The molecule has 250 valence electrons. The van der Waals surface area contributed by atoms with Crippen molar-refractivity contribution in [2.45, 2.75) is 115 Å². The van der Waals surface area contributed by atoms with Crippen LogP contribution in [0.25, 0.3) is 11.0 Å². The monoisotopic (exact) mass is 642 g/mol. The first kappa shape index (κ1) is 32.4. The summed E-state index contributed by atoms with van der Waals surface area (Å²) in [5.41, 5.74) is -1.21. The van der Waals surface area contributed by atoms with E-state index in [0.717, 1.165) is 25.7 Å². The minimum absolute atomic E-state index is 0.0350. The number of carbonyl (C=O) groups excluding carboxylic acids is 3. The molecule has 2 bridgehead atoms. The molecule has 1 aromatic heterocycles. The summed E-state index contributed by atoms with van der Waals surface area (Å²) in [6.07, 6.45) is 4.50. The number of carbonyl (C=O) groups is 3. The number of benzene rings is 1. The Morgan fingerprint density at radius 2 is 1.83 bits per heavy atom. The normalized spacial score (nSPS) is 32.7. The summed E-state index contributed by atoms with van der Waals surface area (Å²) in [4.78, 5) is 50.7. The number of hydrogen-bond donors (Lipinski definition) is 1. The van der Waals surface area contributed by atoms with Crippen LogP contribution in [0.15, 0.2) is 18.2 Å². The van der Waals surface area contributed by atoms with E-state index < -0.39 is 65.2 Å². The molecule has 3 fully saturated rings. The fourth-order valence-corrected chi connectivity index (χ4v) is 7.90. The fraction of sp³-hybridized carbons (Fsp3) is 0.676. The van der Waals surface area contributed by atoms with Crippen molar-refractivity contribution in [1.29, 1.82) is 0 Å². The second-order valence-electron chi connectivity index (χ2n) is 14.1. The quantitative estimate of drug-likeness (QED) is 0.407. The van der Waals surface area contributed by atoms with Crippen LogP contribution >= 0.6 is 0 Å². The van der Waals surface area contributed by atoms with Gasteiger partial charge in [-0.25, -0.2) is 14.8 Å². The van der Waals surface area contributed by atoms with E-state index in [1.807, 2.05) is 20.8 Å². The first-order valence-corrected chi connectivity index (χ1v) is 16.6. The third-order valence-electron chi connectivity index (χ3n) is 10.9. The van der Waals surface area contributed by atoms with Crippen LogP contribution in [0.1, 0.15) is 90.7 Å². The Kier molecular flexibility index (Phi) is 8.60. The van der Waals surface area contributed by atoms with Crippen LogP contribution in [-0.2, 0) is 20.2 Å². The minimum Gasteiger partial charge on any atom is -0.497 e. The number of nitrogens with one attached hydrogen (secondary N) is 1. The third kappa shape index (κ3) is 5.99. The van der Waals surface area contributed by atoms with Crippen LogP contribution < -0.4 is 14.8 Å². The highest BCUT2D eigenvalue weighted by Gasteiger charge is 2.55. The zero-order chi connectivity index (χ0) is 32.9. The van der Waals surface area contributed by atoms with Crippen molar-refractivity contribution in [3.05, 3.63) is 23.9 Å². The van der Waals surface area contributed by atoms with Gasteiger partial charge in [-0.2, -0.15) is 8.78 Å². The number of rotatable bonds is 4. The first-order chi connectivity index (χ1) is 21.9. The van der Waals surface area contributed by atoms with Gasteiger partial charge in [-0.05, 0) is 63.0 Å². The molecule has 1 N–H and O–H groups in total. The van der Waals surface area contributed by atoms with Gasteiger partial charge in [0.05, 0.1) is 30.7 Å². The second-order valence-corrected chi connectivity index (χ2v) is 14.1. The molecule has 2 aliphatic carbocycles. The lowest BCUT2D eigenvalue weighted by Crippen LogP contribution is -2.57. The minimum atomic E-state index is -3.35. The van der Waals surface area contributed by atoms with Gasteiger partial charge in [0.15, 0.2) is 5.69 Å². The van der Waals surface area contributed by atoms with Gasteiger partial charge in [0.25, 0.3) is 5.92 Å². The predicted molar refractivity (Wildman–Crippen MR) is 165 cm³/mol. The van der Waals surface area contributed by atoms with Crippen molar-refractivity contribution in [3.8, 4) is 11.6 Å². The Morgan fingerprint density at radius 3 is 2.52 bits per heavy atom. The van der Waals surface area contributed by atoms with Crippen molar-refractivity contribution in [1.82, 2.24) is 20.2 Å². The zero-order valence-electron chi connectivity index (χ0n) is 27.0. The maximum absolute atomic E-state index is 16.0. The SMILES string of the molecule is CC[C@@H]1[C@@H]2CN(C(=O)[C@H](C3(C)CCCC3)NC(=O)O[C@]3(C)C[C@H]3CCCCC(F)(F)c3nc4ccc(OC)cc4nc3O2)[C@@H]1C=O. The molecule has 2 aromatic rings. The summed E-state index contributed by atoms with van der Waals surface area (Å²) >= 11 is 0. The Bertz CT molecular complexity index is 1500. The number of amides is 2. The van der Waals surface area contributed by atoms with Crippen molar-refractivity contribution in [3.63, 3.8) is 0 Å². The van der Waals surface area contributed by atoms with E-state index in [9.17, 15) is 14.4 Å². The van der Waals surface area contributed by atoms with Crippen LogP contribution in [0.3, 0.4) is 0 Å². The van der Waals surface area contributed by atoms with Crippen LogP contribution in [-0.4, -0.2) is 70.6 Å². The standard InChI is InChI=1S/C34H44F2N4O6/c1-5-22-25(19-41)40-18-26(22)45-29-27(37-23-12-11-21(44-4)16-24(23)38-29)34(35,36)15-7-6-10-20-17-33(20,3)46-31(43)39-28(30(40)42)32(2)13-8-9-14-32/h11-12,16,19-20,22,25-26,28H,5-10,13-15,17-18H2,1-4H3,(H,39,43)/t20-,22+,25-,26+,28-,33-/m1/s1. The predicted octanol–water partition coefficient (Wildman–Crippen LogP) is 5.94. The van der Waals surface area contributed by atoms with Gasteiger partial charge >= 0.3 is 6.09 Å². The molecule has 2 saturated carbocycles. The molecular formula is C34H44F2N4O6. The number of alkyl halides is 2. The molecule has 0 spiro atoms. The molecule has 46 heavy (non-hydrogen) atoms. The molecule has 2 aliphatic heterocycles. The Balaban J connectivity index is 1.42. The van der Waals surface area contributed by atoms with E-state index in [-0.39, 0.29) is 30.3 Å². The summed E-state index contributed by atoms with van der Waals surface area (Å²) in [6, 6.07) is 3.03. The highest BCUT2D eigenvalue weighted by atomic mass is 19.3. The van der Waals surface area contributed by atoms with Crippen LogP contribution in [0.5, 0.6) is 11.6 Å². The number of ether oxygens (including phenoxy) is 3. The summed E-state index contributed by atoms with van der Waals surface area (Å²) in [5, 5.41) is 2.91. The number of alkyl carbamates (subject to hydrolysis) is 1. The molecular weight excluding hydrogens is 598 g/mol. The number of aromatic nitrogens is 2. The van der Waals surface area contributed by atoms with Crippen molar-refractivity contribution in [2.75, 3.05) is 13.7 Å². The number of halogens is 2. The zero-order valence-corrected chi connectivity index (χ0v) is 27.0. The lowest BCUT2D eigenvalue weighted by Gasteiger charge is -2.37. The molecule has 1 saturated heterocycles. The lowest BCUT2D eigenvalue weighted by atomic mass is 9.79. The van der Waals surface area contributed by atoms with Gasteiger partial charge in [-0.3, -0.25) is 4.79 Å². The number of fused-ring (bicyclic) bond motifs is 5. The van der Waals surface area contributed by atoms with Crippen LogP contribution in [0.4, 0.5) is 13.6 Å². The molecule has 2 amide bonds. The molecule has 12 heteroatoms. The molecule has 3 heterocycles. The van der Waals surface area contributed by atoms with Gasteiger partial charge in [0.1, 0.15) is 29.8 Å². The average molecular weight is 643 g/mol. The number of hydrogen-bond acceptors (Lipinski definition) is 8. The molecule has 0 radical (unpaired) electrons. The second kappa shape index (κ2) is 12.2. The largest absolute Gasteiger partial charge is 0.497 e. The summed E-state index contributed by atoms with van der Waals surface area (Å²) in [5.74, 6) is -4.04. The lowest BCUT2D eigenvalue weighted by molar-refractivity contribution is -0.140. The summed E-state index contributed by atoms with van der Waals surface area (Å²) in [6.45, 7) is 5.67. The first-order valence-electron chi connectivity index (χ1n) is 16.6. The van der Waals surface area contributed by atoms with E-state index in [2.05, 4.69) is 15.3 Å². The van der Waals surface area contributed by atoms with E-state index in [1.165, 1.54) is 12.0 Å². The van der Waals surface area contributed by atoms with Crippen molar-refractivity contribution >= 4 is 29.3 Å². The average Bonchev–Trinajstić information content (AvgIpc) is 3.30. The number of methoxy groups -OCH3 is 1. The Labute approximate surface area is 267 Å². The van der Waals surface area contributed by atoms with Crippen LogP contribution in [0, 0.1) is 17.3 Å². The highest BCUT2D eigenvalue weighted by molar-refractivity contribution is 5.89. The van der Waals surface area contributed by atoms with Gasteiger partial charge in [-0.15, -0.1) is 0 Å². The van der Waals surface area contributed by atoms with Gasteiger partial charge in [0, 0.05) is 24.3 Å². The maximum atomic E-state index is 16.0. The summed E-state index contributed by atoms with van der Waals surface area (Å²) < 4.78 is 49.6. The molecule has 10 nitrogen and oxygen atoms in total. The van der Waals surface area contributed by atoms with Crippen molar-refractivity contribution < 1.29 is 37.4 Å². The third-order valence-corrected chi connectivity index (χ3v) is 10.9. The van der Waals surface area contributed by atoms with Gasteiger partial charge < -0.3 is 29.2 Å². The summed E-state index contributed by atoms with van der Waals surface area (Å²) in [7, 11) is 1.50. The molecule has 4 aliphatic rings. The van der Waals surface area contributed by atoms with Gasteiger partial charge in [0.2, 0.25) is 11.8 Å².